The number of ether oxygens (including phenoxy) is 1. The van der Waals surface area contributed by atoms with Gasteiger partial charge >= 0.3 is 0 Å². The van der Waals surface area contributed by atoms with Crippen molar-refractivity contribution in [1.29, 1.82) is 0 Å². The first-order valence-corrected chi connectivity index (χ1v) is 8.77. The van der Waals surface area contributed by atoms with E-state index < -0.39 is 0 Å². The fourth-order valence-electron chi connectivity index (χ4n) is 2.68. The van der Waals surface area contributed by atoms with Gasteiger partial charge in [-0.2, -0.15) is 0 Å². The molecule has 0 amide bonds. The van der Waals surface area contributed by atoms with Gasteiger partial charge in [0.2, 0.25) is 0 Å². The third kappa shape index (κ3) is 3.42. The average molecular weight is 367 g/mol. The van der Waals surface area contributed by atoms with Crippen molar-refractivity contribution in [2.24, 2.45) is 0 Å². The topological polar surface area (TPSA) is 15.7 Å². The van der Waals surface area contributed by atoms with Crippen molar-refractivity contribution in [3.8, 4) is 5.75 Å². The summed E-state index contributed by atoms with van der Waals surface area (Å²) in [5.41, 5.74) is 1.21. The summed E-state index contributed by atoms with van der Waals surface area (Å²) >= 11 is 5.44. The van der Waals surface area contributed by atoms with Gasteiger partial charge in [0, 0.05) is 42.1 Å². The van der Waals surface area contributed by atoms with Gasteiger partial charge in [-0.25, -0.2) is 0 Å². The molecule has 1 aromatic heterocycles. The molecule has 0 aliphatic carbocycles. The van der Waals surface area contributed by atoms with Crippen LogP contribution in [0.4, 0.5) is 5.69 Å². The van der Waals surface area contributed by atoms with E-state index in [-0.39, 0.29) is 0 Å². The van der Waals surface area contributed by atoms with Crippen LogP contribution < -0.4 is 9.64 Å². The zero-order valence-electron chi connectivity index (χ0n) is 12.1. The molecule has 2 aromatic rings. The van der Waals surface area contributed by atoms with Gasteiger partial charge < -0.3 is 9.64 Å². The lowest BCUT2D eigenvalue weighted by Gasteiger charge is -2.36. The van der Waals surface area contributed by atoms with Crippen molar-refractivity contribution >= 4 is 33.0 Å². The van der Waals surface area contributed by atoms with Crippen molar-refractivity contribution < 1.29 is 4.74 Å². The van der Waals surface area contributed by atoms with E-state index in [1.165, 1.54) is 15.0 Å². The number of halogens is 1. The van der Waals surface area contributed by atoms with E-state index in [9.17, 15) is 0 Å². The normalized spacial score (nSPS) is 16.2. The number of hydrogen-bond donors (Lipinski definition) is 0. The van der Waals surface area contributed by atoms with Gasteiger partial charge in [0.05, 0.1) is 12.8 Å². The van der Waals surface area contributed by atoms with E-state index >= 15 is 0 Å². The Balaban J connectivity index is 1.61. The minimum Gasteiger partial charge on any atom is -0.495 e. The van der Waals surface area contributed by atoms with Gasteiger partial charge in [-0.1, -0.05) is 12.1 Å². The Morgan fingerprint density at radius 2 is 1.90 bits per heavy atom. The van der Waals surface area contributed by atoms with Crippen LogP contribution in [0.25, 0.3) is 0 Å². The van der Waals surface area contributed by atoms with Crippen LogP contribution in [0.1, 0.15) is 4.88 Å². The molecule has 5 heteroatoms. The second kappa shape index (κ2) is 6.81. The molecule has 1 fully saturated rings. The van der Waals surface area contributed by atoms with Crippen LogP contribution in [-0.2, 0) is 6.54 Å². The molecular weight excluding hydrogens is 348 g/mol. The lowest BCUT2D eigenvalue weighted by molar-refractivity contribution is 0.251. The minimum absolute atomic E-state index is 0.965. The predicted octanol–water partition coefficient (Wildman–Crippen LogP) is 3.84. The molecule has 1 aliphatic heterocycles. The van der Waals surface area contributed by atoms with Crippen molar-refractivity contribution in [2.75, 3.05) is 38.2 Å². The van der Waals surface area contributed by atoms with E-state index in [4.69, 9.17) is 4.74 Å². The Bertz CT molecular complexity index is 593. The van der Waals surface area contributed by atoms with E-state index in [1.54, 1.807) is 7.11 Å². The third-order valence-electron chi connectivity index (χ3n) is 3.86. The number of para-hydroxylation sites is 2. The molecule has 1 aromatic carbocycles. The van der Waals surface area contributed by atoms with Crippen molar-refractivity contribution in [3.05, 3.63) is 45.1 Å². The Kier molecular flexibility index (Phi) is 4.83. The van der Waals surface area contributed by atoms with E-state index in [2.05, 4.69) is 49.3 Å². The molecule has 0 unspecified atom stereocenters. The summed E-state index contributed by atoms with van der Waals surface area (Å²) in [6.45, 7) is 5.30. The molecule has 0 spiro atoms. The lowest BCUT2D eigenvalue weighted by atomic mass is 10.2. The molecular formula is C16H19BrN2OS. The number of piperazine rings is 1. The standard InChI is InChI=1S/C16H19BrN2OS/c1-20-15-5-3-2-4-14(15)19-9-7-18(8-10-19)12-16-13(17)6-11-21-16/h2-6,11H,7-10,12H2,1H3. The zero-order chi connectivity index (χ0) is 14.7. The van der Waals surface area contributed by atoms with Crippen LogP contribution in [-0.4, -0.2) is 38.2 Å². The summed E-state index contributed by atoms with van der Waals surface area (Å²) in [7, 11) is 1.74. The summed E-state index contributed by atoms with van der Waals surface area (Å²) in [5, 5.41) is 2.14. The molecule has 0 saturated carbocycles. The van der Waals surface area contributed by atoms with Crippen LogP contribution in [0.3, 0.4) is 0 Å². The highest BCUT2D eigenvalue weighted by molar-refractivity contribution is 9.10. The number of methoxy groups -OCH3 is 1. The van der Waals surface area contributed by atoms with Crippen LogP contribution in [0.2, 0.25) is 0 Å². The van der Waals surface area contributed by atoms with Gasteiger partial charge in [0.15, 0.2) is 0 Å². The zero-order valence-corrected chi connectivity index (χ0v) is 14.5. The van der Waals surface area contributed by atoms with Gasteiger partial charge in [-0.05, 0) is 39.5 Å². The summed E-state index contributed by atoms with van der Waals surface area (Å²) in [4.78, 5) is 6.35. The third-order valence-corrected chi connectivity index (χ3v) is 5.77. The molecule has 21 heavy (non-hydrogen) atoms. The highest BCUT2D eigenvalue weighted by atomic mass is 79.9. The van der Waals surface area contributed by atoms with Crippen LogP contribution in [0.15, 0.2) is 40.2 Å². The molecule has 3 nitrogen and oxygen atoms in total. The fourth-order valence-corrected chi connectivity index (χ4v) is 4.20. The van der Waals surface area contributed by atoms with Gasteiger partial charge in [0.25, 0.3) is 0 Å². The van der Waals surface area contributed by atoms with E-state index in [0.717, 1.165) is 38.5 Å². The molecule has 0 N–H and O–H groups in total. The van der Waals surface area contributed by atoms with E-state index in [1.807, 2.05) is 23.5 Å². The van der Waals surface area contributed by atoms with Gasteiger partial charge in [0.1, 0.15) is 5.75 Å². The molecule has 2 heterocycles. The number of rotatable bonds is 4. The second-order valence-electron chi connectivity index (χ2n) is 5.13. The monoisotopic (exact) mass is 366 g/mol. The molecule has 0 radical (unpaired) electrons. The molecule has 1 aliphatic rings. The molecule has 3 rings (SSSR count). The highest BCUT2D eigenvalue weighted by Gasteiger charge is 2.20. The Labute approximate surface area is 138 Å². The number of hydrogen-bond acceptors (Lipinski definition) is 4. The average Bonchev–Trinajstić information content (AvgIpc) is 2.93. The summed E-state index contributed by atoms with van der Waals surface area (Å²) < 4.78 is 6.70. The molecule has 112 valence electrons. The minimum atomic E-state index is 0.965. The van der Waals surface area contributed by atoms with Crippen LogP contribution in [0, 0.1) is 0 Å². The first kappa shape index (κ1) is 14.9. The van der Waals surface area contributed by atoms with Crippen molar-refractivity contribution in [2.45, 2.75) is 6.54 Å². The number of anilines is 1. The Hall–Kier alpha value is -1.04. The maximum absolute atomic E-state index is 5.47. The largest absolute Gasteiger partial charge is 0.495 e. The number of thiophene rings is 1. The van der Waals surface area contributed by atoms with Crippen molar-refractivity contribution in [3.63, 3.8) is 0 Å². The fraction of sp³-hybridized carbons (Fsp3) is 0.375. The summed E-state index contributed by atoms with van der Waals surface area (Å²) in [6.07, 6.45) is 0. The lowest BCUT2D eigenvalue weighted by Crippen LogP contribution is -2.46. The first-order chi connectivity index (χ1) is 10.3. The van der Waals surface area contributed by atoms with Crippen LogP contribution >= 0.6 is 27.3 Å². The van der Waals surface area contributed by atoms with E-state index in [0.29, 0.717) is 0 Å². The first-order valence-electron chi connectivity index (χ1n) is 7.10. The maximum atomic E-state index is 5.47. The maximum Gasteiger partial charge on any atom is 0.142 e. The quantitative estimate of drug-likeness (QED) is 0.817. The second-order valence-corrected chi connectivity index (χ2v) is 6.98. The van der Waals surface area contributed by atoms with Gasteiger partial charge in [-0.15, -0.1) is 11.3 Å². The molecule has 0 bridgehead atoms. The SMILES string of the molecule is COc1ccccc1N1CCN(Cc2sccc2Br)CC1. The summed E-state index contributed by atoms with van der Waals surface area (Å²) in [5.74, 6) is 0.965. The highest BCUT2D eigenvalue weighted by Crippen LogP contribution is 2.29. The number of benzene rings is 1. The smallest absolute Gasteiger partial charge is 0.142 e. The molecule has 0 atom stereocenters. The van der Waals surface area contributed by atoms with Crippen LogP contribution in [0.5, 0.6) is 5.75 Å². The summed E-state index contributed by atoms with van der Waals surface area (Å²) in [6, 6.07) is 10.4. The molecule has 1 saturated heterocycles. The predicted molar refractivity (Wildman–Crippen MR) is 92.5 cm³/mol. The van der Waals surface area contributed by atoms with Crippen molar-refractivity contribution in [1.82, 2.24) is 4.90 Å². The number of nitrogens with zero attached hydrogens (tertiary/aromatic N) is 2. The Morgan fingerprint density at radius 1 is 1.14 bits per heavy atom. The van der Waals surface area contributed by atoms with Gasteiger partial charge in [-0.3, -0.25) is 4.90 Å². The Morgan fingerprint density at radius 3 is 2.57 bits per heavy atom.